The van der Waals surface area contributed by atoms with Crippen molar-refractivity contribution in [1.82, 2.24) is 9.97 Å². The number of nitrogens with zero attached hydrogens (tertiary/aromatic N) is 2. The summed E-state index contributed by atoms with van der Waals surface area (Å²) in [4.78, 5) is 20.3. The minimum atomic E-state index is -0.199. The van der Waals surface area contributed by atoms with Crippen LogP contribution in [0.25, 0.3) is 0 Å². The maximum absolute atomic E-state index is 11.5. The minimum Gasteiger partial charge on any atom is -0.439 e. The number of benzene rings is 1. The van der Waals surface area contributed by atoms with Crippen LogP contribution in [-0.4, -0.2) is 15.9 Å². The zero-order chi connectivity index (χ0) is 15.1. The van der Waals surface area contributed by atoms with Crippen LogP contribution in [0, 0.1) is 0 Å². The normalized spacial score (nSPS) is 20.2. The van der Waals surface area contributed by atoms with E-state index in [-0.39, 0.29) is 11.9 Å². The maximum Gasteiger partial charge on any atom is 0.311 e. The topological polar surface area (TPSA) is 61.3 Å². The van der Waals surface area contributed by atoms with Gasteiger partial charge in [-0.25, -0.2) is 4.98 Å². The number of esters is 1. The molecule has 4 rings (SSSR count). The first-order valence-corrected chi connectivity index (χ1v) is 7.54. The molecular formula is C17H16N2O3. The molecule has 0 amide bonds. The van der Waals surface area contributed by atoms with Crippen LogP contribution in [-0.2, 0) is 4.79 Å². The zero-order valence-electron chi connectivity index (χ0n) is 12.3. The Morgan fingerprint density at radius 1 is 1.27 bits per heavy atom. The van der Waals surface area contributed by atoms with E-state index in [9.17, 15) is 4.79 Å². The van der Waals surface area contributed by atoms with Gasteiger partial charge < -0.3 is 9.47 Å². The molecule has 1 saturated carbocycles. The number of hydrogen-bond acceptors (Lipinski definition) is 5. The fraction of sp³-hybridized carbons (Fsp3) is 0.353. The molecule has 0 spiro atoms. The van der Waals surface area contributed by atoms with Crippen molar-refractivity contribution in [3.63, 3.8) is 0 Å². The molecule has 5 heteroatoms. The number of aromatic nitrogens is 2. The van der Waals surface area contributed by atoms with Gasteiger partial charge >= 0.3 is 5.97 Å². The van der Waals surface area contributed by atoms with Crippen molar-refractivity contribution >= 4 is 5.97 Å². The largest absolute Gasteiger partial charge is 0.439 e. The van der Waals surface area contributed by atoms with Crippen LogP contribution in [0.1, 0.15) is 49.4 Å². The summed E-state index contributed by atoms with van der Waals surface area (Å²) < 4.78 is 11.1. The fourth-order valence-electron chi connectivity index (χ4n) is 2.67. The summed E-state index contributed by atoms with van der Waals surface area (Å²) in [6.07, 6.45) is 4.44. The molecule has 1 aromatic carbocycles. The summed E-state index contributed by atoms with van der Waals surface area (Å²) in [6, 6.07) is 7.32. The Morgan fingerprint density at radius 2 is 2.14 bits per heavy atom. The van der Waals surface area contributed by atoms with Gasteiger partial charge in [-0.2, -0.15) is 4.98 Å². The van der Waals surface area contributed by atoms with E-state index in [0.29, 0.717) is 29.7 Å². The number of carbonyl (C=O) groups is 1. The molecule has 0 bridgehead atoms. The van der Waals surface area contributed by atoms with Crippen molar-refractivity contribution in [2.75, 3.05) is 0 Å². The second-order valence-corrected chi connectivity index (χ2v) is 5.91. The molecule has 1 aliphatic carbocycles. The highest BCUT2D eigenvalue weighted by Gasteiger charge is 2.27. The van der Waals surface area contributed by atoms with Gasteiger partial charge in [0.2, 0.25) is 5.88 Å². The van der Waals surface area contributed by atoms with Crippen molar-refractivity contribution in [3.05, 3.63) is 41.9 Å². The summed E-state index contributed by atoms with van der Waals surface area (Å²) >= 11 is 0. The molecule has 0 saturated heterocycles. The Kier molecular flexibility index (Phi) is 3.06. The summed E-state index contributed by atoms with van der Waals surface area (Å²) in [6.45, 7) is 2.02. The smallest absolute Gasteiger partial charge is 0.311 e. The lowest BCUT2D eigenvalue weighted by Crippen LogP contribution is -2.18. The van der Waals surface area contributed by atoms with Gasteiger partial charge in [-0.3, -0.25) is 4.79 Å². The van der Waals surface area contributed by atoms with E-state index in [1.165, 1.54) is 0 Å². The molecule has 2 aliphatic rings. The second-order valence-electron chi connectivity index (χ2n) is 5.91. The third kappa shape index (κ3) is 2.54. The third-order valence-corrected chi connectivity index (χ3v) is 4.03. The van der Waals surface area contributed by atoms with E-state index in [0.717, 1.165) is 24.2 Å². The number of ether oxygens (including phenoxy) is 2. The highest BCUT2D eigenvalue weighted by molar-refractivity contribution is 5.76. The average Bonchev–Trinajstić information content (AvgIpc) is 3.31. The lowest BCUT2D eigenvalue weighted by atomic mass is 9.95. The summed E-state index contributed by atoms with van der Waals surface area (Å²) in [7, 11) is 0. The molecule has 2 heterocycles. The SMILES string of the molecule is CC1CC(=O)Oc2cc(Oc3ccnc(C4CC4)n3)ccc21. The lowest BCUT2D eigenvalue weighted by Gasteiger charge is -2.21. The molecule has 112 valence electrons. The molecule has 0 N–H and O–H groups in total. The highest BCUT2D eigenvalue weighted by Crippen LogP contribution is 2.39. The molecule has 2 aromatic rings. The van der Waals surface area contributed by atoms with Crippen LogP contribution in [0.3, 0.4) is 0 Å². The van der Waals surface area contributed by atoms with Gasteiger partial charge in [-0.05, 0) is 30.4 Å². The van der Waals surface area contributed by atoms with Crippen molar-refractivity contribution in [1.29, 1.82) is 0 Å². The fourth-order valence-corrected chi connectivity index (χ4v) is 2.67. The quantitative estimate of drug-likeness (QED) is 0.640. The number of rotatable bonds is 3. The first-order valence-electron chi connectivity index (χ1n) is 7.54. The Bertz CT molecular complexity index is 740. The molecule has 1 unspecified atom stereocenters. The molecule has 1 aromatic heterocycles. The second kappa shape index (κ2) is 5.09. The van der Waals surface area contributed by atoms with Crippen molar-refractivity contribution in [2.45, 2.75) is 38.0 Å². The van der Waals surface area contributed by atoms with Gasteiger partial charge in [-0.15, -0.1) is 0 Å². The van der Waals surface area contributed by atoms with E-state index < -0.39 is 0 Å². The third-order valence-electron chi connectivity index (χ3n) is 4.03. The standard InChI is InChI=1S/C17H16N2O3/c1-10-8-16(20)22-14-9-12(4-5-13(10)14)21-15-6-7-18-17(19-15)11-2-3-11/h4-7,9-11H,2-3,8H2,1H3. The average molecular weight is 296 g/mol. The van der Waals surface area contributed by atoms with Crippen LogP contribution in [0.15, 0.2) is 30.5 Å². The van der Waals surface area contributed by atoms with E-state index in [4.69, 9.17) is 9.47 Å². The predicted octanol–water partition coefficient (Wildman–Crippen LogP) is 3.56. The minimum absolute atomic E-state index is 0.172. The van der Waals surface area contributed by atoms with Gasteiger partial charge in [0.1, 0.15) is 17.3 Å². The van der Waals surface area contributed by atoms with Crippen LogP contribution in [0.5, 0.6) is 17.4 Å². The van der Waals surface area contributed by atoms with E-state index in [2.05, 4.69) is 9.97 Å². The van der Waals surface area contributed by atoms with Crippen molar-refractivity contribution < 1.29 is 14.3 Å². The maximum atomic E-state index is 11.5. The van der Waals surface area contributed by atoms with E-state index in [1.54, 1.807) is 18.3 Å². The molecule has 22 heavy (non-hydrogen) atoms. The monoisotopic (exact) mass is 296 g/mol. The van der Waals surface area contributed by atoms with Gasteiger partial charge in [-0.1, -0.05) is 13.0 Å². The number of hydrogen-bond donors (Lipinski definition) is 0. The van der Waals surface area contributed by atoms with Crippen LogP contribution in [0.4, 0.5) is 0 Å². The summed E-state index contributed by atoms with van der Waals surface area (Å²) in [5, 5.41) is 0. The van der Waals surface area contributed by atoms with Crippen LogP contribution in [0.2, 0.25) is 0 Å². The van der Waals surface area contributed by atoms with Crippen molar-refractivity contribution in [2.24, 2.45) is 0 Å². The van der Waals surface area contributed by atoms with E-state index >= 15 is 0 Å². The Labute approximate surface area is 128 Å². The van der Waals surface area contributed by atoms with Gasteiger partial charge in [0.15, 0.2) is 0 Å². The molecule has 1 aliphatic heterocycles. The molecular weight excluding hydrogens is 280 g/mol. The summed E-state index contributed by atoms with van der Waals surface area (Å²) in [5.41, 5.74) is 1.04. The Balaban J connectivity index is 1.59. The molecule has 1 atom stereocenters. The van der Waals surface area contributed by atoms with Crippen LogP contribution < -0.4 is 9.47 Å². The number of carbonyl (C=O) groups excluding carboxylic acids is 1. The van der Waals surface area contributed by atoms with Gasteiger partial charge in [0.25, 0.3) is 0 Å². The predicted molar refractivity (Wildman–Crippen MR) is 79.2 cm³/mol. The summed E-state index contributed by atoms with van der Waals surface area (Å²) in [5.74, 6) is 3.01. The van der Waals surface area contributed by atoms with Crippen molar-refractivity contribution in [3.8, 4) is 17.4 Å². The Hall–Kier alpha value is -2.43. The molecule has 5 nitrogen and oxygen atoms in total. The highest BCUT2D eigenvalue weighted by atomic mass is 16.5. The molecule has 0 radical (unpaired) electrons. The van der Waals surface area contributed by atoms with Gasteiger partial charge in [0, 0.05) is 24.2 Å². The lowest BCUT2D eigenvalue weighted by molar-refractivity contribution is -0.135. The zero-order valence-corrected chi connectivity index (χ0v) is 12.3. The van der Waals surface area contributed by atoms with E-state index in [1.807, 2.05) is 19.1 Å². The number of fused-ring (bicyclic) bond motifs is 1. The first-order chi connectivity index (χ1) is 10.7. The van der Waals surface area contributed by atoms with Gasteiger partial charge in [0.05, 0.1) is 6.42 Å². The Morgan fingerprint density at radius 3 is 2.95 bits per heavy atom. The first kappa shape index (κ1) is 13.2. The molecule has 1 fully saturated rings. The van der Waals surface area contributed by atoms with Crippen LogP contribution >= 0.6 is 0 Å².